The van der Waals surface area contributed by atoms with Crippen LogP contribution in [0, 0.1) is 0 Å². The van der Waals surface area contributed by atoms with Crippen molar-refractivity contribution in [2.45, 2.75) is 19.1 Å². The molecule has 0 spiro atoms. The average Bonchev–Trinajstić information content (AvgIpc) is 2.89. The Balaban J connectivity index is 2.05. The van der Waals surface area contributed by atoms with E-state index in [0.29, 0.717) is 13.2 Å². The molecule has 1 atom stereocenters. The highest BCUT2D eigenvalue weighted by molar-refractivity contribution is 5.33. The number of benzene rings is 1. The van der Waals surface area contributed by atoms with Gasteiger partial charge in [0, 0.05) is 0 Å². The molecule has 1 aliphatic rings. The third-order valence-corrected chi connectivity index (χ3v) is 3.59. The van der Waals surface area contributed by atoms with Crippen molar-refractivity contribution < 1.29 is 9.47 Å². The highest BCUT2D eigenvalue weighted by Crippen LogP contribution is 2.32. The standard InChI is InChI=1S/C14H16N2O2/c1-14(11-3-5-13(17-2)6-4-11)9-18-8-12-7-15-10-16(12)14/h3-7,10H,8-9H2,1-2H3. The first kappa shape index (κ1) is 11.3. The zero-order valence-corrected chi connectivity index (χ0v) is 10.6. The Bertz CT molecular complexity index is 547. The van der Waals surface area contributed by atoms with E-state index in [1.807, 2.05) is 24.7 Å². The van der Waals surface area contributed by atoms with E-state index in [1.165, 1.54) is 5.56 Å². The van der Waals surface area contributed by atoms with Crippen LogP contribution in [0.15, 0.2) is 36.8 Å². The molecule has 2 aromatic rings. The summed E-state index contributed by atoms with van der Waals surface area (Å²) in [6.07, 6.45) is 3.74. The lowest BCUT2D eigenvalue weighted by molar-refractivity contribution is 0.0306. The van der Waals surface area contributed by atoms with Crippen LogP contribution in [0.3, 0.4) is 0 Å². The maximum atomic E-state index is 5.69. The lowest BCUT2D eigenvalue weighted by Gasteiger charge is -2.36. The van der Waals surface area contributed by atoms with Gasteiger partial charge in [-0.1, -0.05) is 12.1 Å². The van der Waals surface area contributed by atoms with Gasteiger partial charge in [0.1, 0.15) is 5.75 Å². The molecule has 3 rings (SSSR count). The normalized spacial score (nSPS) is 22.6. The third-order valence-electron chi connectivity index (χ3n) is 3.59. The summed E-state index contributed by atoms with van der Waals surface area (Å²) in [4.78, 5) is 4.22. The molecule has 4 heteroatoms. The Morgan fingerprint density at radius 3 is 2.83 bits per heavy atom. The maximum absolute atomic E-state index is 5.69. The van der Waals surface area contributed by atoms with Gasteiger partial charge in [-0.15, -0.1) is 0 Å². The smallest absolute Gasteiger partial charge is 0.118 e. The first-order chi connectivity index (χ1) is 8.74. The molecule has 0 saturated heterocycles. The summed E-state index contributed by atoms with van der Waals surface area (Å²) >= 11 is 0. The second kappa shape index (κ2) is 4.14. The lowest BCUT2D eigenvalue weighted by atomic mass is 9.91. The molecule has 0 fully saturated rings. The van der Waals surface area contributed by atoms with Crippen LogP contribution in [0.5, 0.6) is 5.75 Å². The summed E-state index contributed by atoms with van der Waals surface area (Å²) in [5, 5.41) is 0. The van der Waals surface area contributed by atoms with Gasteiger partial charge >= 0.3 is 0 Å². The Morgan fingerprint density at radius 1 is 1.33 bits per heavy atom. The summed E-state index contributed by atoms with van der Waals surface area (Å²) in [5.74, 6) is 0.866. The van der Waals surface area contributed by atoms with E-state index >= 15 is 0 Å². The molecular formula is C14H16N2O2. The zero-order valence-electron chi connectivity index (χ0n) is 10.6. The number of fused-ring (bicyclic) bond motifs is 1. The van der Waals surface area contributed by atoms with Crippen molar-refractivity contribution in [2.24, 2.45) is 0 Å². The van der Waals surface area contributed by atoms with Gasteiger partial charge in [-0.2, -0.15) is 0 Å². The molecule has 0 amide bonds. The van der Waals surface area contributed by atoms with Crippen LogP contribution in [0.4, 0.5) is 0 Å². The molecular weight excluding hydrogens is 228 g/mol. The number of methoxy groups -OCH3 is 1. The van der Waals surface area contributed by atoms with Crippen molar-refractivity contribution in [3.63, 3.8) is 0 Å². The summed E-state index contributed by atoms with van der Waals surface area (Å²) in [7, 11) is 1.68. The minimum absolute atomic E-state index is 0.198. The van der Waals surface area contributed by atoms with E-state index in [0.717, 1.165) is 11.4 Å². The average molecular weight is 244 g/mol. The second-order valence-electron chi connectivity index (χ2n) is 4.75. The first-order valence-corrected chi connectivity index (χ1v) is 5.98. The molecule has 0 bridgehead atoms. The zero-order chi connectivity index (χ0) is 12.6. The molecule has 2 heterocycles. The minimum Gasteiger partial charge on any atom is -0.497 e. The van der Waals surface area contributed by atoms with Crippen molar-refractivity contribution in [3.05, 3.63) is 48.0 Å². The van der Waals surface area contributed by atoms with Crippen LogP contribution < -0.4 is 4.74 Å². The second-order valence-corrected chi connectivity index (χ2v) is 4.75. The Labute approximate surface area is 106 Å². The van der Waals surface area contributed by atoms with E-state index in [-0.39, 0.29) is 5.54 Å². The SMILES string of the molecule is COc1ccc(C2(C)COCc3cncn32)cc1. The van der Waals surface area contributed by atoms with Crippen molar-refractivity contribution >= 4 is 0 Å². The summed E-state index contributed by atoms with van der Waals surface area (Å²) in [6, 6.07) is 8.12. The van der Waals surface area contributed by atoms with Gasteiger partial charge in [-0.25, -0.2) is 4.98 Å². The molecule has 1 aliphatic heterocycles. The monoisotopic (exact) mass is 244 g/mol. The quantitative estimate of drug-likeness (QED) is 0.812. The van der Waals surface area contributed by atoms with E-state index in [1.54, 1.807) is 7.11 Å². The molecule has 1 aromatic carbocycles. The van der Waals surface area contributed by atoms with E-state index in [2.05, 4.69) is 28.6 Å². The van der Waals surface area contributed by atoms with Gasteiger partial charge in [0.15, 0.2) is 0 Å². The van der Waals surface area contributed by atoms with Crippen molar-refractivity contribution in [3.8, 4) is 5.75 Å². The Kier molecular flexibility index (Phi) is 2.59. The van der Waals surface area contributed by atoms with Gasteiger partial charge in [0.25, 0.3) is 0 Å². The highest BCUT2D eigenvalue weighted by Gasteiger charge is 2.33. The van der Waals surface area contributed by atoms with Crippen LogP contribution in [-0.2, 0) is 16.9 Å². The number of hydrogen-bond donors (Lipinski definition) is 0. The molecule has 0 saturated carbocycles. The molecule has 1 aromatic heterocycles. The predicted molar refractivity (Wildman–Crippen MR) is 67.6 cm³/mol. The number of ether oxygens (including phenoxy) is 2. The topological polar surface area (TPSA) is 36.3 Å². The molecule has 94 valence electrons. The highest BCUT2D eigenvalue weighted by atomic mass is 16.5. The number of rotatable bonds is 2. The molecule has 18 heavy (non-hydrogen) atoms. The van der Waals surface area contributed by atoms with E-state index in [4.69, 9.17) is 9.47 Å². The largest absolute Gasteiger partial charge is 0.497 e. The van der Waals surface area contributed by atoms with Crippen LogP contribution >= 0.6 is 0 Å². The number of hydrogen-bond acceptors (Lipinski definition) is 3. The lowest BCUT2D eigenvalue weighted by Crippen LogP contribution is -2.40. The van der Waals surface area contributed by atoms with Crippen LogP contribution in [-0.4, -0.2) is 23.3 Å². The van der Waals surface area contributed by atoms with E-state index < -0.39 is 0 Å². The van der Waals surface area contributed by atoms with Crippen LogP contribution in [0.1, 0.15) is 18.2 Å². The van der Waals surface area contributed by atoms with Crippen LogP contribution in [0.25, 0.3) is 0 Å². The third kappa shape index (κ3) is 1.61. The Hall–Kier alpha value is -1.81. The van der Waals surface area contributed by atoms with Gasteiger partial charge in [0.05, 0.1) is 44.1 Å². The molecule has 0 radical (unpaired) electrons. The number of nitrogens with zero attached hydrogens (tertiary/aromatic N) is 2. The fraction of sp³-hybridized carbons (Fsp3) is 0.357. The van der Waals surface area contributed by atoms with Crippen molar-refractivity contribution in [1.82, 2.24) is 9.55 Å². The fourth-order valence-corrected chi connectivity index (χ4v) is 2.47. The minimum atomic E-state index is -0.198. The van der Waals surface area contributed by atoms with Crippen LogP contribution in [0.2, 0.25) is 0 Å². The summed E-state index contributed by atoms with van der Waals surface area (Å²) in [5.41, 5.74) is 2.11. The number of imidazole rings is 1. The van der Waals surface area contributed by atoms with Crippen molar-refractivity contribution in [2.75, 3.05) is 13.7 Å². The molecule has 0 N–H and O–H groups in total. The van der Waals surface area contributed by atoms with E-state index in [9.17, 15) is 0 Å². The van der Waals surface area contributed by atoms with Gasteiger partial charge < -0.3 is 14.0 Å². The predicted octanol–water partition coefficient (Wildman–Crippen LogP) is 2.19. The molecule has 1 unspecified atom stereocenters. The van der Waals surface area contributed by atoms with Gasteiger partial charge in [-0.05, 0) is 24.6 Å². The number of aromatic nitrogens is 2. The van der Waals surface area contributed by atoms with Gasteiger partial charge in [0.2, 0.25) is 0 Å². The van der Waals surface area contributed by atoms with Gasteiger partial charge in [-0.3, -0.25) is 0 Å². The fourth-order valence-electron chi connectivity index (χ4n) is 2.47. The first-order valence-electron chi connectivity index (χ1n) is 5.98. The summed E-state index contributed by atoms with van der Waals surface area (Å²) < 4.78 is 13.1. The Morgan fingerprint density at radius 2 is 2.11 bits per heavy atom. The summed E-state index contributed by atoms with van der Waals surface area (Å²) in [6.45, 7) is 3.45. The maximum Gasteiger partial charge on any atom is 0.118 e. The molecule has 0 aliphatic carbocycles. The molecule has 4 nitrogen and oxygen atoms in total. The van der Waals surface area contributed by atoms with Crippen molar-refractivity contribution in [1.29, 1.82) is 0 Å².